The number of amides is 1. The third-order valence-electron chi connectivity index (χ3n) is 3.64. The second kappa shape index (κ2) is 4.49. The number of nitrogens with zero attached hydrogens (tertiary/aromatic N) is 2. The van der Waals surface area contributed by atoms with Gasteiger partial charge in [-0.3, -0.25) is 4.79 Å². The van der Waals surface area contributed by atoms with Crippen molar-refractivity contribution >= 4 is 5.91 Å². The Hall–Kier alpha value is -0.610. The van der Waals surface area contributed by atoms with Gasteiger partial charge in [-0.2, -0.15) is 0 Å². The highest BCUT2D eigenvalue weighted by molar-refractivity contribution is 5.82. The molecule has 0 aromatic carbocycles. The van der Waals surface area contributed by atoms with Crippen LogP contribution in [0.15, 0.2) is 0 Å². The summed E-state index contributed by atoms with van der Waals surface area (Å²) in [5.41, 5.74) is 6.05. The first-order chi connectivity index (χ1) is 7.18. The smallest absolute Gasteiger partial charge is 0.239 e. The highest BCUT2D eigenvalue weighted by Gasteiger charge is 2.33. The van der Waals surface area contributed by atoms with Gasteiger partial charge in [0.15, 0.2) is 0 Å². The van der Waals surface area contributed by atoms with Crippen LogP contribution in [0.1, 0.15) is 19.3 Å². The molecular formula is C11H21N3O. The molecule has 2 heterocycles. The van der Waals surface area contributed by atoms with E-state index in [-0.39, 0.29) is 11.9 Å². The second-order valence-corrected chi connectivity index (χ2v) is 4.87. The van der Waals surface area contributed by atoms with Gasteiger partial charge in [-0.05, 0) is 38.8 Å². The molecule has 2 fully saturated rings. The summed E-state index contributed by atoms with van der Waals surface area (Å²) in [6, 6.07) is -0.270. The Morgan fingerprint density at radius 3 is 2.53 bits per heavy atom. The minimum absolute atomic E-state index is 0.174. The standard InChI is InChI=1S/C11H21N3O/c1-13-7-4-9(8-13)10(12)11(15)14-5-2-3-6-14/h9-10H,2-8,12H2,1H3. The lowest BCUT2D eigenvalue weighted by atomic mass is 9.99. The largest absolute Gasteiger partial charge is 0.341 e. The molecule has 2 atom stereocenters. The van der Waals surface area contributed by atoms with Crippen LogP contribution in [0.25, 0.3) is 0 Å². The molecule has 2 unspecified atom stereocenters. The number of hydrogen-bond donors (Lipinski definition) is 1. The van der Waals surface area contributed by atoms with Crippen LogP contribution in [0.4, 0.5) is 0 Å². The molecule has 4 heteroatoms. The molecule has 0 radical (unpaired) electrons. The summed E-state index contributed by atoms with van der Waals surface area (Å²) in [4.78, 5) is 16.2. The van der Waals surface area contributed by atoms with E-state index in [1.54, 1.807) is 0 Å². The quantitative estimate of drug-likeness (QED) is 0.693. The minimum Gasteiger partial charge on any atom is -0.341 e. The summed E-state index contributed by atoms with van der Waals surface area (Å²) < 4.78 is 0. The molecule has 4 nitrogen and oxygen atoms in total. The van der Waals surface area contributed by atoms with Crippen molar-refractivity contribution in [3.8, 4) is 0 Å². The fourth-order valence-electron chi connectivity index (χ4n) is 2.61. The van der Waals surface area contributed by atoms with Crippen molar-refractivity contribution < 1.29 is 4.79 Å². The number of nitrogens with two attached hydrogens (primary N) is 1. The predicted molar refractivity (Wildman–Crippen MR) is 59.4 cm³/mol. The first kappa shape index (κ1) is 10.9. The van der Waals surface area contributed by atoms with Crippen LogP contribution in [-0.2, 0) is 4.79 Å². The minimum atomic E-state index is -0.270. The van der Waals surface area contributed by atoms with E-state index < -0.39 is 0 Å². The maximum atomic E-state index is 12.0. The lowest BCUT2D eigenvalue weighted by Gasteiger charge is -2.24. The SMILES string of the molecule is CN1CCC(C(N)C(=O)N2CCCC2)C1. The Balaban J connectivity index is 1.89. The van der Waals surface area contributed by atoms with Crippen LogP contribution in [0, 0.1) is 5.92 Å². The Morgan fingerprint density at radius 2 is 2.00 bits per heavy atom. The molecular weight excluding hydrogens is 190 g/mol. The fraction of sp³-hybridized carbons (Fsp3) is 0.909. The Labute approximate surface area is 91.4 Å². The first-order valence-corrected chi connectivity index (χ1v) is 5.91. The molecule has 2 N–H and O–H groups in total. The number of likely N-dealkylation sites (tertiary alicyclic amines) is 2. The van der Waals surface area contributed by atoms with Gasteiger partial charge in [-0.15, -0.1) is 0 Å². The molecule has 15 heavy (non-hydrogen) atoms. The average molecular weight is 211 g/mol. The summed E-state index contributed by atoms with van der Waals surface area (Å²) in [7, 11) is 2.09. The molecule has 2 aliphatic rings. The fourth-order valence-corrected chi connectivity index (χ4v) is 2.61. The zero-order valence-corrected chi connectivity index (χ0v) is 9.48. The van der Waals surface area contributed by atoms with Crippen molar-refractivity contribution in [1.82, 2.24) is 9.80 Å². The zero-order chi connectivity index (χ0) is 10.8. The van der Waals surface area contributed by atoms with Crippen LogP contribution < -0.4 is 5.73 Å². The summed E-state index contributed by atoms with van der Waals surface area (Å²) in [5, 5.41) is 0. The van der Waals surface area contributed by atoms with E-state index in [1.807, 2.05) is 4.90 Å². The van der Waals surface area contributed by atoms with Crippen molar-refractivity contribution in [2.24, 2.45) is 11.7 Å². The summed E-state index contributed by atoms with van der Waals surface area (Å²) in [5.74, 6) is 0.538. The van der Waals surface area contributed by atoms with E-state index in [4.69, 9.17) is 5.73 Å². The van der Waals surface area contributed by atoms with Crippen LogP contribution >= 0.6 is 0 Å². The van der Waals surface area contributed by atoms with Crippen LogP contribution in [0.5, 0.6) is 0 Å². The third kappa shape index (κ3) is 2.32. The lowest BCUT2D eigenvalue weighted by Crippen LogP contribution is -2.47. The van der Waals surface area contributed by atoms with E-state index in [2.05, 4.69) is 11.9 Å². The van der Waals surface area contributed by atoms with Gasteiger partial charge in [0, 0.05) is 19.6 Å². The molecule has 0 spiro atoms. The van der Waals surface area contributed by atoms with Crippen molar-refractivity contribution in [1.29, 1.82) is 0 Å². The van der Waals surface area contributed by atoms with Crippen molar-refractivity contribution in [2.45, 2.75) is 25.3 Å². The molecule has 86 valence electrons. The van der Waals surface area contributed by atoms with Crippen molar-refractivity contribution in [3.05, 3.63) is 0 Å². The Bertz CT molecular complexity index is 238. The van der Waals surface area contributed by atoms with Crippen molar-refractivity contribution in [2.75, 3.05) is 33.2 Å². The van der Waals surface area contributed by atoms with Crippen LogP contribution in [0.2, 0.25) is 0 Å². The normalized spacial score (nSPS) is 29.7. The number of rotatable bonds is 2. The van der Waals surface area contributed by atoms with Gasteiger partial charge >= 0.3 is 0 Å². The summed E-state index contributed by atoms with van der Waals surface area (Å²) >= 11 is 0. The molecule has 0 saturated carbocycles. The molecule has 2 rings (SSSR count). The maximum Gasteiger partial charge on any atom is 0.239 e. The second-order valence-electron chi connectivity index (χ2n) is 4.87. The predicted octanol–water partition coefficient (Wildman–Crippen LogP) is -0.112. The monoisotopic (exact) mass is 211 g/mol. The van der Waals surface area contributed by atoms with Crippen LogP contribution in [-0.4, -0.2) is 55.0 Å². The van der Waals surface area contributed by atoms with Gasteiger partial charge in [0.05, 0.1) is 6.04 Å². The van der Waals surface area contributed by atoms with Gasteiger partial charge in [0.25, 0.3) is 0 Å². The molecule has 1 amide bonds. The highest BCUT2D eigenvalue weighted by atomic mass is 16.2. The summed E-state index contributed by atoms with van der Waals surface area (Å²) in [6.45, 7) is 3.87. The maximum absolute atomic E-state index is 12.0. The van der Waals surface area contributed by atoms with E-state index in [0.717, 1.165) is 45.4 Å². The molecule has 0 aromatic heterocycles. The number of carbonyl (C=O) groups is 1. The summed E-state index contributed by atoms with van der Waals surface area (Å²) in [6.07, 6.45) is 3.35. The molecule has 0 aromatic rings. The lowest BCUT2D eigenvalue weighted by molar-refractivity contribution is -0.132. The van der Waals surface area contributed by atoms with Gasteiger partial charge in [0.1, 0.15) is 0 Å². The third-order valence-corrected chi connectivity index (χ3v) is 3.64. The molecule has 2 aliphatic heterocycles. The van der Waals surface area contributed by atoms with Gasteiger partial charge in [-0.25, -0.2) is 0 Å². The van der Waals surface area contributed by atoms with Crippen molar-refractivity contribution in [3.63, 3.8) is 0 Å². The van der Waals surface area contributed by atoms with Crippen LogP contribution in [0.3, 0.4) is 0 Å². The van der Waals surface area contributed by atoms with E-state index in [9.17, 15) is 4.79 Å². The Morgan fingerprint density at radius 1 is 1.33 bits per heavy atom. The average Bonchev–Trinajstić information content (AvgIpc) is 2.85. The number of hydrogen-bond acceptors (Lipinski definition) is 3. The first-order valence-electron chi connectivity index (χ1n) is 5.91. The van der Waals surface area contributed by atoms with Gasteiger partial charge in [-0.1, -0.05) is 0 Å². The molecule has 0 bridgehead atoms. The van der Waals surface area contributed by atoms with E-state index >= 15 is 0 Å². The van der Waals surface area contributed by atoms with Gasteiger partial charge < -0.3 is 15.5 Å². The van der Waals surface area contributed by atoms with E-state index in [0.29, 0.717) is 5.92 Å². The highest BCUT2D eigenvalue weighted by Crippen LogP contribution is 2.19. The van der Waals surface area contributed by atoms with Gasteiger partial charge in [0.2, 0.25) is 5.91 Å². The zero-order valence-electron chi connectivity index (χ0n) is 9.48. The molecule has 2 saturated heterocycles. The Kier molecular flexibility index (Phi) is 3.26. The van der Waals surface area contributed by atoms with E-state index in [1.165, 1.54) is 0 Å². The number of carbonyl (C=O) groups excluding carboxylic acids is 1. The topological polar surface area (TPSA) is 49.6 Å². The molecule has 0 aliphatic carbocycles.